The SMILES string of the molecule is C=CS(=O)(=O)CCOCCNc1nc(F)nc(Nc2ccc(N=Nc3cc(S(=O)(=O)O)c4cccc(S(=O)(=O)O)c4c3)c(NC(N)=O)c2)n1. The quantitative estimate of drug-likeness (QED) is 0.0579. The summed E-state index contributed by atoms with van der Waals surface area (Å²) < 4.78 is 110. The van der Waals surface area contributed by atoms with Crippen LogP contribution in [0.15, 0.2) is 80.5 Å². The fourth-order valence-electron chi connectivity index (χ4n) is 4.06. The molecule has 0 aliphatic carbocycles. The molecule has 4 rings (SSSR count). The third-order valence-corrected chi connectivity index (χ3v) is 9.20. The molecule has 0 unspecified atom stereocenters. The normalized spacial score (nSPS) is 12.2. The van der Waals surface area contributed by atoms with Gasteiger partial charge in [0.15, 0.2) is 9.84 Å². The number of carbonyl (C=O) groups is 1. The highest BCUT2D eigenvalue weighted by Gasteiger charge is 2.21. The number of nitrogens with zero attached hydrogens (tertiary/aromatic N) is 5. The maximum atomic E-state index is 14.1. The number of anilines is 4. The van der Waals surface area contributed by atoms with E-state index in [-0.39, 0.29) is 70.9 Å². The first-order chi connectivity index (χ1) is 22.9. The van der Waals surface area contributed by atoms with Crippen molar-refractivity contribution in [2.75, 3.05) is 41.5 Å². The number of fused-ring (bicyclic) bond motifs is 1. The average molecular weight is 740 g/mol. The molecule has 0 atom stereocenters. The number of nitrogens with two attached hydrogens (primary N) is 1. The second-order valence-corrected chi connectivity index (χ2v) is 14.5. The molecule has 0 aliphatic rings. The molecule has 1 aromatic heterocycles. The maximum absolute atomic E-state index is 14.1. The molecule has 260 valence electrons. The second kappa shape index (κ2) is 14.9. The number of halogens is 1. The highest BCUT2D eigenvalue weighted by molar-refractivity contribution is 7.94. The Morgan fingerprint density at radius 2 is 1.63 bits per heavy atom. The molecule has 2 amide bonds. The smallest absolute Gasteiger partial charge is 0.316 e. The van der Waals surface area contributed by atoms with Crippen LogP contribution in [-0.2, 0) is 34.8 Å². The van der Waals surface area contributed by atoms with Gasteiger partial charge in [0.1, 0.15) is 15.5 Å². The predicted molar refractivity (Wildman–Crippen MR) is 174 cm³/mol. The van der Waals surface area contributed by atoms with Crippen LogP contribution in [0.2, 0.25) is 0 Å². The minimum Gasteiger partial charge on any atom is -0.379 e. The van der Waals surface area contributed by atoms with Gasteiger partial charge in [-0.15, -0.1) is 5.11 Å². The van der Waals surface area contributed by atoms with Gasteiger partial charge in [-0.05, 0) is 36.4 Å². The molecule has 0 radical (unpaired) electrons. The minimum atomic E-state index is -4.91. The first-order valence-electron chi connectivity index (χ1n) is 13.4. The van der Waals surface area contributed by atoms with Crippen molar-refractivity contribution in [2.24, 2.45) is 16.0 Å². The molecule has 0 saturated carbocycles. The van der Waals surface area contributed by atoms with Crippen LogP contribution in [0.1, 0.15) is 0 Å². The number of ether oxygens (including phenoxy) is 1. The number of nitrogens with one attached hydrogen (secondary N) is 3. The van der Waals surface area contributed by atoms with Crippen molar-refractivity contribution in [3.63, 3.8) is 0 Å². The summed E-state index contributed by atoms with van der Waals surface area (Å²) in [6, 6.07) is 8.38. The van der Waals surface area contributed by atoms with Crippen molar-refractivity contribution < 1.29 is 48.3 Å². The van der Waals surface area contributed by atoms with Gasteiger partial charge in [0.2, 0.25) is 11.9 Å². The van der Waals surface area contributed by atoms with Gasteiger partial charge in [0, 0.05) is 28.4 Å². The summed E-state index contributed by atoms with van der Waals surface area (Å²) in [5.41, 5.74) is 5.09. The topological polar surface area (TPSA) is 295 Å². The van der Waals surface area contributed by atoms with Crippen molar-refractivity contribution in [1.29, 1.82) is 0 Å². The van der Waals surface area contributed by atoms with Gasteiger partial charge >= 0.3 is 12.1 Å². The van der Waals surface area contributed by atoms with E-state index in [2.05, 4.69) is 47.7 Å². The van der Waals surface area contributed by atoms with Crippen molar-refractivity contribution in [3.05, 3.63) is 66.6 Å². The van der Waals surface area contributed by atoms with E-state index < -0.39 is 52.0 Å². The summed E-state index contributed by atoms with van der Waals surface area (Å²) in [5, 5.41) is 15.9. The van der Waals surface area contributed by atoms with Crippen molar-refractivity contribution in [1.82, 2.24) is 15.0 Å². The standard InChI is InChI=1S/C26H26FN9O10S3/c1-2-47(38,39)11-10-46-9-8-29-25-32-23(27)33-26(34-25)30-15-6-7-19(20(13-15)31-24(28)37)36-35-16-12-18-17(22(14-16)49(43,44)45)4-3-5-21(18)48(40,41)42/h2-7,12-14H,1,8-11H2,(H3,28,31,37)(H,40,41,42)(H,43,44,45)(H2,29,30,32,33,34). The number of hydrogen-bond donors (Lipinski definition) is 6. The van der Waals surface area contributed by atoms with Gasteiger partial charge in [-0.3, -0.25) is 9.11 Å². The first-order valence-corrected chi connectivity index (χ1v) is 18.0. The molecule has 49 heavy (non-hydrogen) atoms. The second-order valence-electron chi connectivity index (χ2n) is 9.62. The number of urea groups is 1. The molecular weight excluding hydrogens is 714 g/mol. The third kappa shape index (κ3) is 10.1. The third-order valence-electron chi connectivity index (χ3n) is 6.15. The van der Waals surface area contributed by atoms with E-state index in [1.54, 1.807) is 0 Å². The first kappa shape index (κ1) is 36.6. The lowest BCUT2D eigenvalue weighted by molar-refractivity contribution is 0.159. The Hall–Kier alpha value is -5.20. The van der Waals surface area contributed by atoms with Crippen LogP contribution in [0.5, 0.6) is 0 Å². The lowest BCUT2D eigenvalue weighted by Crippen LogP contribution is -2.19. The lowest BCUT2D eigenvalue weighted by atomic mass is 10.1. The van der Waals surface area contributed by atoms with Crippen LogP contribution in [0.25, 0.3) is 10.8 Å². The Morgan fingerprint density at radius 1 is 0.918 bits per heavy atom. The zero-order valence-electron chi connectivity index (χ0n) is 24.8. The van der Waals surface area contributed by atoms with Gasteiger partial charge in [0.25, 0.3) is 20.2 Å². The molecule has 3 aromatic carbocycles. The van der Waals surface area contributed by atoms with Crippen molar-refractivity contribution in [3.8, 4) is 0 Å². The molecule has 0 spiro atoms. The average Bonchev–Trinajstić information content (AvgIpc) is 3.00. The van der Waals surface area contributed by atoms with Gasteiger partial charge < -0.3 is 26.4 Å². The molecule has 0 bridgehead atoms. The van der Waals surface area contributed by atoms with E-state index in [0.717, 1.165) is 23.6 Å². The summed E-state index contributed by atoms with van der Waals surface area (Å²) in [6.45, 7) is 3.24. The maximum Gasteiger partial charge on any atom is 0.316 e. The van der Waals surface area contributed by atoms with Gasteiger partial charge in [-0.1, -0.05) is 18.7 Å². The molecule has 1 heterocycles. The fraction of sp³-hybridized carbons (Fsp3) is 0.154. The Labute approximate surface area is 278 Å². The summed E-state index contributed by atoms with van der Waals surface area (Å²) in [4.78, 5) is 21.5. The van der Waals surface area contributed by atoms with E-state index in [4.69, 9.17) is 10.5 Å². The van der Waals surface area contributed by atoms with Crippen molar-refractivity contribution >= 4 is 81.5 Å². The number of primary amides is 1. The Morgan fingerprint density at radius 3 is 2.31 bits per heavy atom. The molecule has 7 N–H and O–H groups in total. The van der Waals surface area contributed by atoms with Crippen LogP contribution < -0.4 is 21.7 Å². The van der Waals surface area contributed by atoms with Crippen LogP contribution in [0.3, 0.4) is 0 Å². The Balaban J connectivity index is 1.58. The monoisotopic (exact) mass is 739 g/mol. The zero-order valence-corrected chi connectivity index (χ0v) is 27.3. The van der Waals surface area contributed by atoms with Gasteiger partial charge in [0.05, 0.1) is 30.3 Å². The highest BCUT2D eigenvalue weighted by atomic mass is 32.2. The zero-order chi connectivity index (χ0) is 36.0. The van der Waals surface area contributed by atoms with Gasteiger partial charge in [-0.2, -0.15) is 41.3 Å². The number of aromatic nitrogens is 3. The molecule has 19 nitrogen and oxygen atoms in total. The highest BCUT2D eigenvalue weighted by Crippen LogP contribution is 2.35. The summed E-state index contributed by atoms with van der Waals surface area (Å²) in [7, 11) is -13.2. The molecule has 23 heteroatoms. The van der Waals surface area contributed by atoms with E-state index in [1.165, 1.54) is 30.3 Å². The van der Waals surface area contributed by atoms with E-state index in [0.29, 0.717) is 0 Å². The molecular formula is C26H26FN9O10S3. The van der Waals surface area contributed by atoms with E-state index >= 15 is 0 Å². The number of carbonyl (C=O) groups excluding carboxylic acids is 1. The van der Waals surface area contributed by atoms with Crippen LogP contribution in [-0.4, -0.2) is 80.9 Å². The lowest BCUT2D eigenvalue weighted by Gasteiger charge is -2.11. The largest absolute Gasteiger partial charge is 0.379 e. The molecule has 4 aromatic rings. The van der Waals surface area contributed by atoms with Crippen LogP contribution >= 0.6 is 0 Å². The number of amides is 2. The Bertz CT molecular complexity index is 2290. The van der Waals surface area contributed by atoms with Gasteiger partial charge in [-0.25, -0.2) is 13.2 Å². The van der Waals surface area contributed by atoms with E-state index in [9.17, 15) is 43.5 Å². The van der Waals surface area contributed by atoms with Crippen molar-refractivity contribution in [2.45, 2.75) is 9.79 Å². The number of sulfone groups is 1. The number of azo groups is 1. The van der Waals surface area contributed by atoms with E-state index in [1.807, 2.05) is 0 Å². The molecule has 0 saturated heterocycles. The summed E-state index contributed by atoms with van der Waals surface area (Å²) in [6.07, 6.45) is -1.16. The van der Waals surface area contributed by atoms with Crippen LogP contribution in [0.4, 0.5) is 43.8 Å². The number of benzene rings is 3. The molecule has 0 aliphatic heterocycles. The number of rotatable bonds is 15. The molecule has 0 fully saturated rings. The minimum absolute atomic E-state index is 0.0406. The Kier molecular flexibility index (Phi) is 11.2. The summed E-state index contributed by atoms with van der Waals surface area (Å²) >= 11 is 0. The predicted octanol–water partition coefficient (Wildman–Crippen LogP) is 3.29. The fourth-order valence-corrected chi connectivity index (χ4v) is 6.00. The van der Waals surface area contributed by atoms with Crippen LogP contribution in [0, 0.1) is 6.08 Å². The number of hydrogen-bond acceptors (Lipinski definition) is 15. The summed E-state index contributed by atoms with van der Waals surface area (Å²) in [5.74, 6) is -0.709.